The number of nitrogens with one attached hydrogen (secondary N) is 1. The molecule has 2 N–H and O–H groups in total. The molecule has 1 heterocycles. The number of methoxy groups -OCH3 is 1. The van der Waals surface area contributed by atoms with Crippen molar-refractivity contribution < 1.29 is 14.6 Å². The Morgan fingerprint density at radius 1 is 1.75 bits per heavy atom. The van der Waals surface area contributed by atoms with E-state index in [9.17, 15) is 4.79 Å². The molecule has 0 aliphatic heterocycles. The second-order valence-corrected chi connectivity index (χ2v) is 3.60. The van der Waals surface area contributed by atoms with E-state index >= 15 is 0 Å². The normalized spacial score (nSPS) is 12.5. The molecular formula is C10H17N3O3. The van der Waals surface area contributed by atoms with Crippen LogP contribution in [0.5, 0.6) is 0 Å². The first-order chi connectivity index (χ1) is 7.58. The van der Waals surface area contributed by atoms with Gasteiger partial charge >= 0.3 is 0 Å². The van der Waals surface area contributed by atoms with Crippen LogP contribution in [-0.2, 0) is 11.8 Å². The van der Waals surface area contributed by atoms with Crippen LogP contribution >= 0.6 is 0 Å². The van der Waals surface area contributed by atoms with Crippen molar-refractivity contribution in [2.24, 2.45) is 7.05 Å². The minimum atomic E-state index is -0.396. The zero-order valence-corrected chi connectivity index (χ0v) is 9.73. The number of aromatic nitrogens is 2. The van der Waals surface area contributed by atoms with Gasteiger partial charge in [0.2, 0.25) is 0 Å². The molecule has 16 heavy (non-hydrogen) atoms. The van der Waals surface area contributed by atoms with E-state index in [-0.39, 0.29) is 19.1 Å². The average molecular weight is 227 g/mol. The third kappa shape index (κ3) is 3.04. The van der Waals surface area contributed by atoms with Crippen LogP contribution in [0, 0.1) is 6.92 Å². The van der Waals surface area contributed by atoms with Gasteiger partial charge in [0, 0.05) is 14.2 Å². The number of nitrogens with zero attached hydrogens (tertiary/aromatic N) is 2. The summed E-state index contributed by atoms with van der Waals surface area (Å²) in [6.45, 7) is 1.94. The topological polar surface area (TPSA) is 76.4 Å². The molecule has 0 aliphatic carbocycles. The summed E-state index contributed by atoms with van der Waals surface area (Å²) in [6.07, 6.45) is 0. The number of carbonyl (C=O) groups excluding carboxylic acids is 1. The van der Waals surface area contributed by atoms with Gasteiger partial charge in [-0.25, -0.2) is 0 Å². The number of hydrogen-bond donors (Lipinski definition) is 2. The lowest BCUT2D eigenvalue weighted by Crippen LogP contribution is -2.41. The third-order valence-electron chi connectivity index (χ3n) is 2.16. The number of carbonyl (C=O) groups is 1. The van der Waals surface area contributed by atoms with Gasteiger partial charge in [-0.1, -0.05) is 0 Å². The van der Waals surface area contributed by atoms with Crippen LogP contribution in [0.4, 0.5) is 0 Å². The van der Waals surface area contributed by atoms with Crippen molar-refractivity contribution in [2.75, 3.05) is 20.3 Å². The summed E-state index contributed by atoms with van der Waals surface area (Å²) in [5.74, 6) is -0.265. The Kier molecular flexibility index (Phi) is 4.45. The molecule has 1 unspecified atom stereocenters. The fraction of sp³-hybridized carbons (Fsp3) is 0.600. The number of amides is 1. The van der Waals surface area contributed by atoms with Gasteiger partial charge < -0.3 is 15.2 Å². The molecule has 0 aromatic carbocycles. The molecule has 1 aromatic rings. The van der Waals surface area contributed by atoms with Crippen LogP contribution in [0.25, 0.3) is 0 Å². The van der Waals surface area contributed by atoms with Gasteiger partial charge in [-0.05, 0) is 13.0 Å². The molecule has 1 amide bonds. The standard InChI is InChI=1S/C10H17N3O3/c1-7-4-9(13(2)12-7)10(15)11-8(5-14)6-16-3/h4,8,14H,5-6H2,1-3H3,(H,11,15). The highest BCUT2D eigenvalue weighted by Gasteiger charge is 2.16. The van der Waals surface area contributed by atoms with Crippen LogP contribution in [0.2, 0.25) is 0 Å². The summed E-state index contributed by atoms with van der Waals surface area (Å²) in [4.78, 5) is 11.8. The maximum atomic E-state index is 11.8. The molecule has 0 spiro atoms. The van der Waals surface area contributed by atoms with Gasteiger partial charge in [0.1, 0.15) is 5.69 Å². The Balaban J connectivity index is 2.67. The first-order valence-corrected chi connectivity index (χ1v) is 4.99. The Labute approximate surface area is 94.2 Å². The second-order valence-electron chi connectivity index (χ2n) is 3.60. The SMILES string of the molecule is COCC(CO)NC(=O)c1cc(C)nn1C. The Morgan fingerprint density at radius 2 is 2.44 bits per heavy atom. The molecule has 0 saturated carbocycles. The largest absolute Gasteiger partial charge is 0.394 e. The van der Waals surface area contributed by atoms with E-state index in [0.29, 0.717) is 5.69 Å². The fourth-order valence-corrected chi connectivity index (χ4v) is 1.42. The van der Waals surface area contributed by atoms with Gasteiger partial charge in [0.05, 0.1) is 24.9 Å². The lowest BCUT2D eigenvalue weighted by Gasteiger charge is -2.14. The summed E-state index contributed by atoms with van der Waals surface area (Å²) in [5.41, 5.74) is 1.24. The average Bonchev–Trinajstić information content (AvgIpc) is 2.57. The summed E-state index contributed by atoms with van der Waals surface area (Å²) in [7, 11) is 3.22. The summed E-state index contributed by atoms with van der Waals surface area (Å²) >= 11 is 0. The molecule has 1 aromatic heterocycles. The van der Waals surface area contributed by atoms with Crippen molar-refractivity contribution >= 4 is 5.91 Å². The monoisotopic (exact) mass is 227 g/mol. The van der Waals surface area contributed by atoms with Crippen molar-refractivity contribution in [3.05, 3.63) is 17.5 Å². The first kappa shape index (κ1) is 12.7. The van der Waals surface area contributed by atoms with Crippen LogP contribution < -0.4 is 5.32 Å². The van der Waals surface area contributed by atoms with E-state index in [1.165, 1.54) is 11.8 Å². The second kappa shape index (κ2) is 5.62. The number of aliphatic hydroxyl groups is 1. The van der Waals surface area contributed by atoms with Crippen LogP contribution in [0.1, 0.15) is 16.2 Å². The molecule has 0 fully saturated rings. The Bertz CT molecular complexity index is 362. The highest BCUT2D eigenvalue weighted by atomic mass is 16.5. The number of aryl methyl sites for hydroxylation is 2. The van der Waals surface area contributed by atoms with Gasteiger partial charge in [0.15, 0.2) is 0 Å². The van der Waals surface area contributed by atoms with Crippen molar-refractivity contribution in [3.63, 3.8) is 0 Å². The Hall–Kier alpha value is -1.40. The van der Waals surface area contributed by atoms with E-state index in [1.807, 2.05) is 6.92 Å². The Morgan fingerprint density at radius 3 is 2.88 bits per heavy atom. The van der Waals surface area contributed by atoms with Gasteiger partial charge in [0.25, 0.3) is 5.91 Å². The van der Waals surface area contributed by atoms with Crippen molar-refractivity contribution in [3.8, 4) is 0 Å². The maximum absolute atomic E-state index is 11.8. The van der Waals surface area contributed by atoms with Crippen molar-refractivity contribution in [2.45, 2.75) is 13.0 Å². The maximum Gasteiger partial charge on any atom is 0.269 e. The number of hydrogen-bond acceptors (Lipinski definition) is 4. The molecule has 6 nitrogen and oxygen atoms in total. The van der Waals surface area contributed by atoms with Crippen LogP contribution in [0.3, 0.4) is 0 Å². The molecule has 0 aliphatic rings. The lowest BCUT2D eigenvalue weighted by atomic mass is 10.3. The minimum absolute atomic E-state index is 0.156. The van der Waals surface area contributed by atoms with E-state index in [4.69, 9.17) is 9.84 Å². The molecule has 1 rings (SSSR count). The molecular weight excluding hydrogens is 210 g/mol. The van der Waals surface area contributed by atoms with Crippen LogP contribution in [0.15, 0.2) is 6.07 Å². The first-order valence-electron chi connectivity index (χ1n) is 4.99. The minimum Gasteiger partial charge on any atom is -0.394 e. The van der Waals surface area contributed by atoms with E-state index in [2.05, 4.69) is 10.4 Å². The predicted molar refractivity (Wildman–Crippen MR) is 58.2 cm³/mol. The predicted octanol–water partition coefficient (Wildman–Crippen LogP) is -0.534. The number of ether oxygens (including phenoxy) is 1. The quantitative estimate of drug-likeness (QED) is 0.708. The van der Waals surface area contributed by atoms with Gasteiger partial charge in [-0.2, -0.15) is 5.10 Å². The van der Waals surface area contributed by atoms with Crippen molar-refractivity contribution in [1.82, 2.24) is 15.1 Å². The summed E-state index contributed by atoms with van der Waals surface area (Å²) < 4.78 is 6.38. The zero-order valence-electron chi connectivity index (χ0n) is 9.73. The number of rotatable bonds is 5. The fourth-order valence-electron chi connectivity index (χ4n) is 1.42. The molecule has 1 atom stereocenters. The molecule has 90 valence electrons. The van der Waals surface area contributed by atoms with E-state index < -0.39 is 6.04 Å². The van der Waals surface area contributed by atoms with Gasteiger partial charge in [-0.3, -0.25) is 9.48 Å². The highest BCUT2D eigenvalue weighted by molar-refractivity contribution is 5.92. The molecule has 0 radical (unpaired) electrons. The van der Waals surface area contributed by atoms with E-state index in [1.54, 1.807) is 13.1 Å². The van der Waals surface area contributed by atoms with Crippen LogP contribution in [-0.4, -0.2) is 47.2 Å². The highest BCUT2D eigenvalue weighted by Crippen LogP contribution is 2.02. The smallest absolute Gasteiger partial charge is 0.269 e. The summed E-state index contributed by atoms with van der Waals surface area (Å²) in [5, 5.41) is 15.7. The summed E-state index contributed by atoms with van der Waals surface area (Å²) in [6, 6.07) is 1.30. The van der Waals surface area contributed by atoms with Gasteiger partial charge in [-0.15, -0.1) is 0 Å². The van der Waals surface area contributed by atoms with E-state index in [0.717, 1.165) is 5.69 Å². The molecule has 0 bridgehead atoms. The molecule has 6 heteroatoms. The van der Waals surface area contributed by atoms with Crippen molar-refractivity contribution in [1.29, 1.82) is 0 Å². The zero-order chi connectivity index (χ0) is 12.1. The third-order valence-corrected chi connectivity index (χ3v) is 2.16. The molecule has 0 saturated heterocycles. The number of aliphatic hydroxyl groups excluding tert-OH is 1. The lowest BCUT2D eigenvalue weighted by molar-refractivity contribution is 0.0831.